The Morgan fingerprint density at radius 1 is 1.17 bits per heavy atom. The van der Waals surface area contributed by atoms with Gasteiger partial charge in [-0.1, -0.05) is 36.5 Å². The maximum Gasteiger partial charge on any atom is 0.254 e. The van der Waals surface area contributed by atoms with Crippen LogP contribution in [0.1, 0.15) is 61.6 Å². The number of sulfone groups is 1. The number of ether oxygens (including phenoxy) is 1. The van der Waals surface area contributed by atoms with Crippen LogP contribution < -0.4 is 9.64 Å². The summed E-state index contributed by atoms with van der Waals surface area (Å²) >= 11 is 12.8. The molecule has 1 unspecified atom stereocenters. The molecule has 3 heterocycles. The molecule has 0 radical (unpaired) electrons. The van der Waals surface area contributed by atoms with Gasteiger partial charge in [-0.15, -0.1) is 0 Å². The summed E-state index contributed by atoms with van der Waals surface area (Å²) in [6.45, 7) is 4.59. The van der Waals surface area contributed by atoms with Gasteiger partial charge in [0.2, 0.25) is 0 Å². The van der Waals surface area contributed by atoms with Gasteiger partial charge in [-0.3, -0.25) is 4.79 Å². The summed E-state index contributed by atoms with van der Waals surface area (Å²) in [6, 6.07) is 6.40. The third-order valence-corrected chi connectivity index (χ3v) is 8.85. The highest BCUT2D eigenvalue weighted by atomic mass is 35.5. The number of nitrogens with zero attached hydrogens (tertiary/aromatic N) is 2. The molecule has 0 saturated carbocycles. The van der Waals surface area contributed by atoms with Crippen molar-refractivity contribution in [2.24, 2.45) is 0 Å². The van der Waals surface area contributed by atoms with Crippen LogP contribution in [0.15, 0.2) is 28.7 Å². The van der Waals surface area contributed by atoms with E-state index in [1.165, 1.54) is 18.6 Å². The summed E-state index contributed by atoms with van der Waals surface area (Å²) in [5.41, 5.74) is 0.287. The SMILES string of the molecule is CCCCOc1c(Cl)cc(C(=O)N(Cc2ccc(N3CCCCC3)o2)C2CCS(=O)(=O)C2)cc1Cl. The number of carbonyl (C=O) groups excluding carboxylic acids is 1. The lowest BCUT2D eigenvalue weighted by Crippen LogP contribution is -2.40. The molecule has 4 rings (SSSR count). The van der Waals surface area contributed by atoms with E-state index < -0.39 is 15.9 Å². The van der Waals surface area contributed by atoms with E-state index in [1.54, 1.807) is 4.90 Å². The Morgan fingerprint density at radius 2 is 1.89 bits per heavy atom. The maximum atomic E-state index is 13.7. The van der Waals surface area contributed by atoms with Crippen molar-refractivity contribution in [3.05, 3.63) is 45.6 Å². The second kappa shape index (κ2) is 11.4. The first-order chi connectivity index (χ1) is 16.8. The van der Waals surface area contributed by atoms with Crippen molar-refractivity contribution in [2.45, 2.75) is 58.0 Å². The average Bonchev–Trinajstić information content (AvgIpc) is 3.45. The number of rotatable bonds is 9. The molecule has 0 spiro atoms. The van der Waals surface area contributed by atoms with Crippen molar-refractivity contribution < 1.29 is 22.4 Å². The number of benzene rings is 1. The lowest BCUT2D eigenvalue weighted by Gasteiger charge is -2.28. The van der Waals surface area contributed by atoms with Gasteiger partial charge in [-0.05, 0) is 50.3 Å². The van der Waals surface area contributed by atoms with Crippen molar-refractivity contribution in [2.75, 3.05) is 36.1 Å². The highest BCUT2D eigenvalue weighted by Gasteiger charge is 2.36. The van der Waals surface area contributed by atoms with Crippen LogP contribution in [-0.4, -0.2) is 56.5 Å². The maximum absolute atomic E-state index is 13.7. The Morgan fingerprint density at radius 3 is 2.51 bits per heavy atom. The van der Waals surface area contributed by atoms with Crippen LogP contribution in [0.3, 0.4) is 0 Å². The number of hydrogen-bond acceptors (Lipinski definition) is 6. The fourth-order valence-electron chi connectivity index (χ4n) is 4.60. The van der Waals surface area contributed by atoms with Crippen LogP contribution in [0.25, 0.3) is 0 Å². The number of piperidine rings is 1. The molecule has 2 fully saturated rings. The minimum Gasteiger partial charge on any atom is -0.490 e. The summed E-state index contributed by atoms with van der Waals surface area (Å²) in [5.74, 6) is 1.39. The summed E-state index contributed by atoms with van der Waals surface area (Å²) in [5, 5.41) is 0.502. The van der Waals surface area contributed by atoms with Crippen molar-refractivity contribution in [1.29, 1.82) is 0 Å². The first-order valence-electron chi connectivity index (χ1n) is 12.2. The number of unbranched alkanes of at least 4 members (excludes halogenated alkanes) is 1. The van der Waals surface area contributed by atoms with E-state index in [-0.39, 0.29) is 39.6 Å². The molecule has 0 bridgehead atoms. The van der Waals surface area contributed by atoms with Crippen molar-refractivity contribution in [3.63, 3.8) is 0 Å². The standard InChI is InChI=1S/C25H32Cl2N2O5S/c1-2-3-12-33-24-21(26)14-18(15-22(24)27)25(30)29(19-9-13-35(31,32)17-19)16-20-7-8-23(34-20)28-10-5-4-6-11-28/h7-8,14-15,19H,2-6,9-13,16-17H2,1H3. The molecule has 2 aromatic rings. The third kappa shape index (κ3) is 6.46. The van der Waals surface area contributed by atoms with E-state index >= 15 is 0 Å². The quantitative estimate of drug-likeness (QED) is 0.384. The molecule has 2 aliphatic heterocycles. The molecule has 1 aromatic heterocycles. The Hall–Kier alpha value is -1.90. The largest absolute Gasteiger partial charge is 0.490 e. The first-order valence-corrected chi connectivity index (χ1v) is 14.8. The van der Waals surface area contributed by atoms with Gasteiger partial charge in [0.05, 0.1) is 34.7 Å². The zero-order valence-electron chi connectivity index (χ0n) is 20.0. The zero-order valence-corrected chi connectivity index (χ0v) is 22.3. The highest BCUT2D eigenvalue weighted by Crippen LogP contribution is 2.35. The number of anilines is 1. The van der Waals surface area contributed by atoms with E-state index in [9.17, 15) is 13.2 Å². The lowest BCUT2D eigenvalue weighted by atomic mass is 10.1. The molecule has 35 heavy (non-hydrogen) atoms. The van der Waals surface area contributed by atoms with Crippen molar-refractivity contribution in [3.8, 4) is 5.75 Å². The highest BCUT2D eigenvalue weighted by molar-refractivity contribution is 7.91. The molecule has 192 valence electrons. The number of hydrogen-bond donors (Lipinski definition) is 0. The molecule has 2 aliphatic rings. The zero-order chi connectivity index (χ0) is 25.0. The predicted molar refractivity (Wildman–Crippen MR) is 139 cm³/mol. The van der Waals surface area contributed by atoms with Gasteiger partial charge in [0.1, 0.15) is 5.76 Å². The molecule has 1 aromatic carbocycles. The number of amides is 1. The summed E-state index contributed by atoms with van der Waals surface area (Å²) in [6.07, 6.45) is 5.68. The Balaban J connectivity index is 1.57. The van der Waals surface area contributed by atoms with Gasteiger partial charge in [0.25, 0.3) is 5.91 Å². The molecule has 10 heteroatoms. The molecule has 0 aliphatic carbocycles. The lowest BCUT2D eigenvalue weighted by molar-refractivity contribution is 0.0666. The normalized spacial score (nSPS) is 19.6. The number of halogens is 2. The monoisotopic (exact) mass is 542 g/mol. The molecule has 1 amide bonds. The molecule has 7 nitrogen and oxygen atoms in total. The van der Waals surface area contributed by atoms with Gasteiger partial charge in [-0.2, -0.15) is 0 Å². The van der Waals surface area contributed by atoms with E-state index in [0.717, 1.165) is 44.7 Å². The molecule has 1 atom stereocenters. The Kier molecular flexibility index (Phi) is 8.55. The molecular formula is C25H32Cl2N2O5S. The van der Waals surface area contributed by atoms with Gasteiger partial charge < -0.3 is 19.0 Å². The van der Waals surface area contributed by atoms with Crippen LogP contribution in [0.2, 0.25) is 10.0 Å². The second-order valence-electron chi connectivity index (χ2n) is 9.25. The van der Waals surface area contributed by atoms with E-state index in [1.807, 2.05) is 12.1 Å². The van der Waals surface area contributed by atoms with Crippen molar-refractivity contribution >= 4 is 44.8 Å². The minimum atomic E-state index is -3.20. The van der Waals surface area contributed by atoms with Crippen LogP contribution in [0.5, 0.6) is 5.75 Å². The molecular weight excluding hydrogens is 511 g/mol. The number of carbonyl (C=O) groups is 1. The van der Waals surface area contributed by atoms with E-state index in [4.69, 9.17) is 32.4 Å². The van der Waals surface area contributed by atoms with Crippen molar-refractivity contribution in [1.82, 2.24) is 4.90 Å². The van der Waals surface area contributed by atoms with Gasteiger partial charge in [0.15, 0.2) is 21.5 Å². The van der Waals surface area contributed by atoms with Crippen LogP contribution in [0, 0.1) is 0 Å². The first kappa shape index (κ1) is 26.2. The Bertz CT molecular complexity index is 1120. The summed E-state index contributed by atoms with van der Waals surface area (Å²) in [4.78, 5) is 17.4. The van der Waals surface area contributed by atoms with Gasteiger partial charge in [-0.25, -0.2) is 8.42 Å². The smallest absolute Gasteiger partial charge is 0.254 e. The molecule has 2 saturated heterocycles. The van der Waals surface area contributed by atoms with Crippen LogP contribution in [0.4, 0.5) is 5.88 Å². The fraction of sp³-hybridized carbons (Fsp3) is 0.560. The number of furan rings is 1. The average molecular weight is 544 g/mol. The van der Waals surface area contributed by atoms with E-state index in [0.29, 0.717) is 24.5 Å². The topological polar surface area (TPSA) is 80.1 Å². The van der Waals surface area contributed by atoms with Crippen LogP contribution >= 0.6 is 23.2 Å². The third-order valence-electron chi connectivity index (χ3n) is 6.54. The van der Waals surface area contributed by atoms with Gasteiger partial charge >= 0.3 is 0 Å². The van der Waals surface area contributed by atoms with Crippen LogP contribution in [-0.2, 0) is 16.4 Å². The van der Waals surface area contributed by atoms with Gasteiger partial charge in [0, 0.05) is 30.8 Å². The summed E-state index contributed by atoms with van der Waals surface area (Å²) in [7, 11) is -3.20. The van der Waals surface area contributed by atoms with E-state index in [2.05, 4.69) is 11.8 Å². The predicted octanol–water partition coefficient (Wildman–Crippen LogP) is 5.59. The fourth-order valence-corrected chi connectivity index (χ4v) is 6.92. The second-order valence-corrected chi connectivity index (χ2v) is 12.3. The molecule has 0 N–H and O–H groups in total. The Labute approximate surface area is 217 Å². The minimum absolute atomic E-state index is 0.0599. The summed E-state index contributed by atoms with van der Waals surface area (Å²) < 4.78 is 36.2.